The highest BCUT2D eigenvalue weighted by atomic mass is 32.2. The van der Waals surface area contributed by atoms with Crippen LogP contribution < -0.4 is 0 Å². The van der Waals surface area contributed by atoms with Crippen molar-refractivity contribution in [3.8, 4) is 12.1 Å². The van der Waals surface area contributed by atoms with Gasteiger partial charge in [0.1, 0.15) is 0 Å². The molecule has 0 radical (unpaired) electrons. The second kappa shape index (κ2) is 6.89. The molecule has 0 saturated heterocycles. The summed E-state index contributed by atoms with van der Waals surface area (Å²) in [5, 5.41) is 17.4. The second-order valence-electron chi connectivity index (χ2n) is 3.99. The van der Waals surface area contributed by atoms with Crippen LogP contribution in [0.5, 0.6) is 0 Å². The maximum atomic E-state index is 12.1. The number of hydrogen-bond acceptors (Lipinski definition) is 5. The molecule has 0 spiro atoms. The Balaban J connectivity index is 2.82. The summed E-state index contributed by atoms with van der Waals surface area (Å²) >= 11 is 0. The van der Waals surface area contributed by atoms with E-state index in [4.69, 9.17) is 10.5 Å². The van der Waals surface area contributed by atoms with Crippen molar-refractivity contribution in [1.82, 2.24) is 4.90 Å². The average molecular weight is 277 g/mol. The maximum Gasteiger partial charge on any atom is 0.179 e. The smallest absolute Gasteiger partial charge is 0.179 e. The van der Waals surface area contributed by atoms with Gasteiger partial charge < -0.3 is 0 Å². The van der Waals surface area contributed by atoms with Crippen LogP contribution in [-0.4, -0.2) is 38.7 Å². The first-order chi connectivity index (χ1) is 9.03. The highest BCUT2D eigenvalue weighted by Gasteiger charge is 2.16. The van der Waals surface area contributed by atoms with Gasteiger partial charge in [-0.1, -0.05) is 13.0 Å². The van der Waals surface area contributed by atoms with Gasteiger partial charge in [0.05, 0.1) is 34.9 Å². The normalized spacial score (nSPS) is 10.9. The summed E-state index contributed by atoms with van der Waals surface area (Å²) in [7, 11) is -3.42. The lowest BCUT2D eigenvalue weighted by Gasteiger charge is -2.16. The SMILES string of the molecule is CCN(CC#N)CCS(=O)(=O)c1cccc(C#N)c1. The lowest BCUT2D eigenvalue weighted by atomic mass is 10.2. The van der Waals surface area contributed by atoms with E-state index in [-0.39, 0.29) is 17.2 Å². The van der Waals surface area contributed by atoms with E-state index in [0.717, 1.165) is 0 Å². The zero-order valence-electron chi connectivity index (χ0n) is 10.7. The largest absolute Gasteiger partial charge is 0.290 e. The van der Waals surface area contributed by atoms with Crippen LogP contribution in [0.4, 0.5) is 0 Å². The van der Waals surface area contributed by atoms with Crippen LogP contribution in [0, 0.1) is 22.7 Å². The van der Waals surface area contributed by atoms with Crippen molar-refractivity contribution in [2.45, 2.75) is 11.8 Å². The molecule has 6 heteroatoms. The molecule has 0 aliphatic carbocycles. The van der Waals surface area contributed by atoms with Gasteiger partial charge in [0.15, 0.2) is 9.84 Å². The molecule has 0 aliphatic heterocycles. The molecule has 0 aromatic heterocycles. The van der Waals surface area contributed by atoms with E-state index >= 15 is 0 Å². The van der Waals surface area contributed by atoms with Gasteiger partial charge in [0, 0.05) is 6.54 Å². The quantitative estimate of drug-likeness (QED) is 0.729. The first kappa shape index (κ1) is 15.2. The number of hydrogen-bond donors (Lipinski definition) is 0. The summed E-state index contributed by atoms with van der Waals surface area (Å²) in [4.78, 5) is 1.91. The van der Waals surface area contributed by atoms with Gasteiger partial charge in [-0.15, -0.1) is 0 Å². The first-order valence-corrected chi connectivity index (χ1v) is 7.51. The van der Waals surface area contributed by atoms with Crippen molar-refractivity contribution in [2.24, 2.45) is 0 Å². The fraction of sp³-hybridized carbons (Fsp3) is 0.385. The first-order valence-electron chi connectivity index (χ1n) is 5.85. The molecular formula is C13H15N3O2S. The van der Waals surface area contributed by atoms with Crippen LogP contribution in [0.3, 0.4) is 0 Å². The average Bonchev–Trinajstić information content (AvgIpc) is 2.43. The van der Waals surface area contributed by atoms with Crippen LogP contribution in [0.1, 0.15) is 12.5 Å². The zero-order chi connectivity index (χ0) is 14.3. The molecule has 0 aliphatic rings. The van der Waals surface area contributed by atoms with Gasteiger partial charge in [-0.05, 0) is 24.7 Å². The van der Waals surface area contributed by atoms with E-state index in [9.17, 15) is 8.42 Å². The van der Waals surface area contributed by atoms with Gasteiger partial charge in [0.25, 0.3) is 0 Å². The number of rotatable bonds is 6. The Morgan fingerprint density at radius 3 is 2.63 bits per heavy atom. The van der Waals surface area contributed by atoms with Crippen molar-refractivity contribution in [1.29, 1.82) is 10.5 Å². The van der Waals surface area contributed by atoms with Gasteiger partial charge in [-0.3, -0.25) is 4.90 Å². The Morgan fingerprint density at radius 1 is 1.32 bits per heavy atom. The monoisotopic (exact) mass is 277 g/mol. The van der Waals surface area contributed by atoms with E-state index in [1.165, 1.54) is 12.1 Å². The van der Waals surface area contributed by atoms with Crippen LogP contribution in [-0.2, 0) is 9.84 Å². The van der Waals surface area contributed by atoms with Crippen LogP contribution in [0.2, 0.25) is 0 Å². The summed E-state index contributed by atoms with van der Waals surface area (Å²) in [5.74, 6) is -0.0581. The number of benzene rings is 1. The molecule has 1 aromatic rings. The zero-order valence-corrected chi connectivity index (χ0v) is 11.5. The molecule has 1 aromatic carbocycles. The maximum absolute atomic E-state index is 12.1. The summed E-state index contributed by atoms with van der Waals surface area (Å²) in [6.07, 6.45) is 0. The van der Waals surface area contributed by atoms with Crippen molar-refractivity contribution >= 4 is 9.84 Å². The van der Waals surface area contributed by atoms with E-state index in [1.807, 2.05) is 19.1 Å². The van der Waals surface area contributed by atoms with Crippen LogP contribution in [0.15, 0.2) is 29.2 Å². The Bertz CT molecular complexity index is 612. The van der Waals surface area contributed by atoms with E-state index in [0.29, 0.717) is 18.7 Å². The predicted octanol–water partition coefficient (Wildman–Crippen LogP) is 1.18. The van der Waals surface area contributed by atoms with Gasteiger partial charge in [0.2, 0.25) is 0 Å². The summed E-state index contributed by atoms with van der Waals surface area (Å²) < 4.78 is 24.2. The highest BCUT2D eigenvalue weighted by molar-refractivity contribution is 7.91. The topological polar surface area (TPSA) is 85.0 Å². The van der Waals surface area contributed by atoms with E-state index in [2.05, 4.69) is 0 Å². The molecule has 0 saturated carbocycles. The molecule has 0 fully saturated rings. The molecule has 0 N–H and O–H groups in total. The molecule has 0 heterocycles. The highest BCUT2D eigenvalue weighted by Crippen LogP contribution is 2.13. The third kappa shape index (κ3) is 4.36. The standard InChI is InChI=1S/C13H15N3O2S/c1-2-16(7-6-14)8-9-19(17,18)13-5-3-4-12(10-13)11-15/h3-5,10H,2,7-9H2,1H3. The molecule has 5 nitrogen and oxygen atoms in total. The van der Waals surface area contributed by atoms with Crippen LogP contribution >= 0.6 is 0 Å². The van der Waals surface area contributed by atoms with Crippen molar-refractivity contribution in [3.05, 3.63) is 29.8 Å². The summed E-state index contributed by atoms with van der Waals surface area (Å²) in [6, 6.07) is 9.89. The van der Waals surface area contributed by atoms with Crippen molar-refractivity contribution in [2.75, 3.05) is 25.4 Å². The predicted molar refractivity (Wildman–Crippen MR) is 70.9 cm³/mol. The third-order valence-corrected chi connectivity index (χ3v) is 4.43. The molecule has 1 rings (SSSR count). The fourth-order valence-electron chi connectivity index (χ4n) is 1.58. The Hall–Kier alpha value is -1.89. The van der Waals surface area contributed by atoms with Crippen molar-refractivity contribution in [3.63, 3.8) is 0 Å². The Kier molecular flexibility index (Phi) is 5.50. The van der Waals surface area contributed by atoms with Gasteiger partial charge >= 0.3 is 0 Å². The molecule has 100 valence electrons. The van der Waals surface area contributed by atoms with E-state index < -0.39 is 9.84 Å². The fourth-order valence-corrected chi connectivity index (χ4v) is 2.90. The lowest BCUT2D eigenvalue weighted by Crippen LogP contribution is -2.29. The molecule has 19 heavy (non-hydrogen) atoms. The Morgan fingerprint density at radius 2 is 2.05 bits per heavy atom. The van der Waals surface area contributed by atoms with Crippen molar-refractivity contribution < 1.29 is 8.42 Å². The van der Waals surface area contributed by atoms with Crippen LogP contribution in [0.25, 0.3) is 0 Å². The minimum Gasteiger partial charge on any atom is -0.290 e. The molecule has 0 atom stereocenters. The Labute approximate surface area is 113 Å². The summed E-state index contributed by atoms with van der Waals surface area (Å²) in [6.45, 7) is 3.02. The van der Waals surface area contributed by atoms with Gasteiger partial charge in [-0.2, -0.15) is 10.5 Å². The lowest BCUT2D eigenvalue weighted by molar-refractivity contribution is 0.341. The minimum atomic E-state index is -3.42. The molecule has 0 amide bonds. The number of nitrogens with zero attached hydrogens (tertiary/aromatic N) is 3. The minimum absolute atomic E-state index is 0.0581. The number of sulfone groups is 1. The van der Waals surface area contributed by atoms with E-state index in [1.54, 1.807) is 17.0 Å². The van der Waals surface area contributed by atoms with Gasteiger partial charge in [-0.25, -0.2) is 8.42 Å². The second-order valence-corrected chi connectivity index (χ2v) is 6.09. The summed E-state index contributed by atoms with van der Waals surface area (Å²) in [5.41, 5.74) is 0.324. The third-order valence-electron chi connectivity index (χ3n) is 2.74. The molecular weight excluding hydrogens is 262 g/mol. The molecule has 0 unspecified atom stereocenters. The number of nitriles is 2. The molecule has 0 bridgehead atoms.